The molecule has 0 unspecified atom stereocenters. The van der Waals surface area contributed by atoms with Gasteiger partial charge in [-0.3, -0.25) is 19.9 Å². The maximum absolute atomic E-state index is 11.6. The van der Waals surface area contributed by atoms with Gasteiger partial charge >= 0.3 is 5.97 Å². The zero-order valence-corrected chi connectivity index (χ0v) is 12.5. The summed E-state index contributed by atoms with van der Waals surface area (Å²) in [5.41, 5.74) is 10.3. The standard InChI is InChI=1S/C12H24N4O7/c13-12(14)15-3-1-2-6(11(22)23)16-4-7(18)9(20)10(21)8(19)5-17/h6,8-10,16-17,19-21H,1-5H2,(H,22,23)(H4,13,14,15)/t6-,8+,9+,10+/m0/s1. The van der Waals surface area contributed by atoms with Crippen LogP contribution in [0.2, 0.25) is 0 Å². The first-order valence-electron chi connectivity index (χ1n) is 6.90. The number of guanidine groups is 1. The Balaban J connectivity index is 4.37. The van der Waals surface area contributed by atoms with Crippen LogP contribution in [0, 0.1) is 0 Å². The van der Waals surface area contributed by atoms with Crippen molar-refractivity contribution in [3.8, 4) is 0 Å². The second-order valence-corrected chi connectivity index (χ2v) is 4.87. The Hall–Kier alpha value is -1.79. The van der Waals surface area contributed by atoms with E-state index in [9.17, 15) is 19.8 Å². The Morgan fingerprint density at radius 1 is 1.17 bits per heavy atom. The molecule has 0 aliphatic heterocycles. The molecule has 0 aliphatic rings. The Bertz CT molecular complexity index is 414. The van der Waals surface area contributed by atoms with E-state index < -0.39 is 49.3 Å². The number of hydrogen-bond donors (Lipinski definition) is 8. The average Bonchev–Trinajstić information content (AvgIpc) is 2.50. The number of aliphatic carboxylic acids is 1. The van der Waals surface area contributed by atoms with Gasteiger partial charge in [-0.15, -0.1) is 0 Å². The fourth-order valence-corrected chi connectivity index (χ4v) is 1.65. The number of aliphatic hydroxyl groups is 4. The quantitative estimate of drug-likeness (QED) is 0.0975. The molecule has 23 heavy (non-hydrogen) atoms. The van der Waals surface area contributed by atoms with E-state index in [1.165, 1.54) is 0 Å². The summed E-state index contributed by atoms with van der Waals surface area (Å²) in [4.78, 5) is 26.4. The lowest BCUT2D eigenvalue weighted by molar-refractivity contribution is -0.141. The van der Waals surface area contributed by atoms with Crippen molar-refractivity contribution in [1.29, 1.82) is 0 Å². The number of carboxylic acid groups (broad SMARTS) is 1. The Morgan fingerprint density at radius 2 is 1.78 bits per heavy atom. The van der Waals surface area contributed by atoms with Crippen LogP contribution in [-0.2, 0) is 9.59 Å². The van der Waals surface area contributed by atoms with Crippen molar-refractivity contribution in [3.05, 3.63) is 0 Å². The summed E-state index contributed by atoms with van der Waals surface area (Å²) >= 11 is 0. The molecule has 11 heteroatoms. The van der Waals surface area contributed by atoms with Crippen LogP contribution in [0.4, 0.5) is 0 Å². The van der Waals surface area contributed by atoms with E-state index in [1.54, 1.807) is 0 Å². The van der Waals surface area contributed by atoms with Crippen molar-refractivity contribution >= 4 is 17.7 Å². The van der Waals surface area contributed by atoms with E-state index >= 15 is 0 Å². The molecule has 0 aromatic rings. The molecule has 0 fully saturated rings. The topological polar surface area (TPSA) is 212 Å². The number of carbonyl (C=O) groups is 2. The average molecular weight is 336 g/mol. The number of nitrogens with two attached hydrogens (primary N) is 2. The number of carboxylic acids is 1. The van der Waals surface area contributed by atoms with E-state index in [-0.39, 0.29) is 18.9 Å². The highest BCUT2D eigenvalue weighted by atomic mass is 16.4. The van der Waals surface area contributed by atoms with Gasteiger partial charge in [0, 0.05) is 6.54 Å². The van der Waals surface area contributed by atoms with Crippen molar-refractivity contribution in [1.82, 2.24) is 5.32 Å². The van der Waals surface area contributed by atoms with E-state index in [4.69, 9.17) is 26.8 Å². The fraction of sp³-hybridized carbons (Fsp3) is 0.750. The summed E-state index contributed by atoms with van der Waals surface area (Å²) < 4.78 is 0. The highest BCUT2D eigenvalue weighted by molar-refractivity contribution is 5.86. The van der Waals surface area contributed by atoms with Crippen molar-refractivity contribution in [3.63, 3.8) is 0 Å². The van der Waals surface area contributed by atoms with Gasteiger partial charge in [-0.05, 0) is 12.8 Å². The first-order valence-corrected chi connectivity index (χ1v) is 6.90. The lowest BCUT2D eigenvalue weighted by Gasteiger charge is -2.21. The zero-order chi connectivity index (χ0) is 18.0. The van der Waals surface area contributed by atoms with Gasteiger partial charge in [0.25, 0.3) is 0 Å². The molecule has 0 aromatic carbocycles. The van der Waals surface area contributed by atoms with E-state index in [1.807, 2.05) is 0 Å². The number of rotatable bonds is 12. The van der Waals surface area contributed by atoms with Gasteiger partial charge in [-0.2, -0.15) is 0 Å². The maximum Gasteiger partial charge on any atom is 0.320 e. The van der Waals surface area contributed by atoms with Gasteiger partial charge in [0.05, 0.1) is 13.2 Å². The molecular formula is C12H24N4O7. The van der Waals surface area contributed by atoms with Gasteiger partial charge in [0.15, 0.2) is 11.7 Å². The SMILES string of the molecule is NC(N)=NCCC[C@H](NCC(=O)[C@@H](O)[C@H](O)[C@H](O)CO)C(=O)O. The molecule has 0 aromatic heterocycles. The summed E-state index contributed by atoms with van der Waals surface area (Å²) in [6.07, 6.45) is -4.99. The molecule has 10 N–H and O–H groups in total. The van der Waals surface area contributed by atoms with Crippen molar-refractivity contribution in [2.24, 2.45) is 16.5 Å². The van der Waals surface area contributed by atoms with Crippen LogP contribution in [0.25, 0.3) is 0 Å². The maximum atomic E-state index is 11.6. The predicted octanol–water partition coefficient (Wildman–Crippen LogP) is -4.27. The molecule has 0 heterocycles. The minimum Gasteiger partial charge on any atom is -0.480 e. The molecule has 0 radical (unpaired) electrons. The van der Waals surface area contributed by atoms with Crippen LogP contribution in [0.5, 0.6) is 0 Å². The van der Waals surface area contributed by atoms with Gasteiger partial charge in [0.1, 0.15) is 24.4 Å². The summed E-state index contributed by atoms with van der Waals surface area (Å²) in [6.45, 7) is -1.14. The minimum absolute atomic E-state index is 0.112. The number of aliphatic hydroxyl groups excluding tert-OH is 4. The number of Topliss-reactive ketones (excluding diaryl/α,β-unsaturated/α-hetero) is 1. The number of hydrogen-bond acceptors (Lipinski definition) is 8. The van der Waals surface area contributed by atoms with E-state index in [0.29, 0.717) is 6.42 Å². The number of nitrogens with one attached hydrogen (secondary N) is 1. The molecule has 0 saturated heterocycles. The third-order valence-corrected chi connectivity index (χ3v) is 3.00. The van der Waals surface area contributed by atoms with Crippen LogP contribution in [0.15, 0.2) is 4.99 Å². The van der Waals surface area contributed by atoms with E-state index in [2.05, 4.69) is 10.3 Å². The number of ketones is 1. The smallest absolute Gasteiger partial charge is 0.320 e. The highest BCUT2D eigenvalue weighted by Gasteiger charge is 2.30. The third-order valence-electron chi connectivity index (χ3n) is 3.00. The lowest BCUT2D eigenvalue weighted by atomic mass is 10.0. The molecule has 11 nitrogen and oxygen atoms in total. The van der Waals surface area contributed by atoms with Crippen LogP contribution in [0.3, 0.4) is 0 Å². The second-order valence-electron chi connectivity index (χ2n) is 4.87. The minimum atomic E-state index is -1.94. The molecule has 134 valence electrons. The predicted molar refractivity (Wildman–Crippen MR) is 79.5 cm³/mol. The first kappa shape index (κ1) is 21.2. The monoisotopic (exact) mass is 336 g/mol. The van der Waals surface area contributed by atoms with Gasteiger partial charge in [-0.25, -0.2) is 0 Å². The van der Waals surface area contributed by atoms with Crippen molar-refractivity contribution in [2.45, 2.75) is 37.2 Å². The highest BCUT2D eigenvalue weighted by Crippen LogP contribution is 2.03. The molecular weight excluding hydrogens is 312 g/mol. The summed E-state index contributed by atoms with van der Waals surface area (Å²) in [5.74, 6) is -2.23. The van der Waals surface area contributed by atoms with Crippen LogP contribution >= 0.6 is 0 Å². The van der Waals surface area contributed by atoms with E-state index in [0.717, 1.165) is 0 Å². The van der Waals surface area contributed by atoms with Gasteiger partial charge in [0.2, 0.25) is 0 Å². The zero-order valence-electron chi connectivity index (χ0n) is 12.5. The molecule has 4 atom stereocenters. The van der Waals surface area contributed by atoms with Gasteiger partial charge < -0.3 is 37.0 Å². The number of aliphatic imine (C=N–C) groups is 1. The Labute approximate surface area is 132 Å². The summed E-state index contributed by atoms with van der Waals surface area (Å²) in [5, 5.41) is 48.1. The van der Waals surface area contributed by atoms with Crippen LogP contribution in [-0.4, -0.2) is 87.3 Å². The molecule has 0 bridgehead atoms. The summed E-state index contributed by atoms with van der Waals surface area (Å²) in [6, 6.07) is -1.07. The van der Waals surface area contributed by atoms with Crippen molar-refractivity contribution < 1.29 is 35.1 Å². The molecule has 0 rings (SSSR count). The fourth-order valence-electron chi connectivity index (χ4n) is 1.65. The molecule has 0 amide bonds. The number of carbonyl (C=O) groups excluding carboxylic acids is 1. The van der Waals surface area contributed by atoms with Gasteiger partial charge in [-0.1, -0.05) is 0 Å². The largest absolute Gasteiger partial charge is 0.480 e. The van der Waals surface area contributed by atoms with Crippen molar-refractivity contribution in [2.75, 3.05) is 19.7 Å². The Morgan fingerprint density at radius 3 is 2.26 bits per heavy atom. The first-order chi connectivity index (χ1) is 10.7. The lowest BCUT2D eigenvalue weighted by Crippen LogP contribution is -2.48. The summed E-state index contributed by atoms with van der Waals surface area (Å²) in [7, 11) is 0. The van der Waals surface area contributed by atoms with Crippen LogP contribution < -0.4 is 16.8 Å². The second kappa shape index (κ2) is 10.9. The Kier molecular flexibility index (Phi) is 10.0. The molecule has 0 spiro atoms. The molecule has 0 aliphatic carbocycles. The normalized spacial score (nSPS) is 16.2. The third kappa shape index (κ3) is 8.42. The van der Waals surface area contributed by atoms with Crippen LogP contribution in [0.1, 0.15) is 12.8 Å². The molecule has 0 saturated carbocycles. The number of nitrogens with zero attached hydrogens (tertiary/aromatic N) is 1.